The Balaban J connectivity index is 1.74. The van der Waals surface area contributed by atoms with Gasteiger partial charge in [-0.3, -0.25) is 10.0 Å². The molecule has 0 radical (unpaired) electrons. The second-order valence-corrected chi connectivity index (χ2v) is 5.11. The Labute approximate surface area is 106 Å². The van der Waals surface area contributed by atoms with Crippen molar-refractivity contribution in [1.82, 2.24) is 15.7 Å². The van der Waals surface area contributed by atoms with Gasteiger partial charge in [0, 0.05) is 23.4 Å². The van der Waals surface area contributed by atoms with Gasteiger partial charge in [-0.1, -0.05) is 6.08 Å². The van der Waals surface area contributed by atoms with Crippen LogP contribution in [-0.4, -0.2) is 30.7 Å². The monoisotopic (exact) mass is 243 g/mol. The molecule has 0 aromatic carbocycles. The minimum Gasteiger partial charge on any atom is -0.317 e. The lowest BCUT2D eigenvalue weighted by Crippen LogP contribution is -2.48. The number of hydrogen-bond donors (Lipinski definition) is 2. The molecule has 2 N–H and O–H groups in total. The zero-order chi connectivity index (χ0) is 11.9. The predicted molar refractivity (Wildman–Crippen MR) is 69.6 cm³/mol. The molecule has 1 saturated heterocycles. The van der Waals surface area contributed by atoms with Gasteiger partial charge in [0.15, 0.2) is 5.49 Å². The average molecular weight is 243 g/mol. The van der Waals surface area contributed by atoms with E-state index in [9.17, 15) is 0 Å². The normalized spacial score (nSPS) is 22.3. The second kappa shape index (κ2) is 4.03. The molecule has 5 heteroatoms. The summed E-state index contributed by atoms with van der Waals surface area (Å²) >= 11 is 0. The van der Waals surface area contributed by atoms with Crippen LogP contribution in [0.25, 0.3) is 6.08 Å². The largest absolute Gasteiger partial charge is 0.317 e. The highest BCUT2D eigenvalue weighted by atomic mass is 15.6. The smallest absolute Gasteiger partial charge is 0.157 e. The third-order valence-corrected chi connectivity index (χ3v) is 3.98. The van der Waals surface area contributed by atoms with E-state index in [1.54, 1.807) is 0 Å². The van der Waals surface area contributed by atoms with Gasteiger partial charge in [0.2, 0.25) is 0 Å². The number of piperidine rings is 1. The summed E-state index contributed by atoms with van der Waals surface area (Å²) in [5.74, 6) is 1.10. The summed E-state index contributed by atoms with van der Waals surface area (Å²) in [6.07, 6.45) is 4.50. The molecular formula is C13H17N5. The van der Waals surface area contributed by atoms with Crippen molar-refractivity contribution in [3.05, 3.63) is 22.3 Å². The highest BCUT2D eigenvalue weighted by molar-refractivity contribution is 5.51. The molecule has 18 heavy (non-hydrogen) atoms. The molecule has 94 valence electrons. The van der Waals surface area contributed by atoms with Crippen LogP contribution < -0.4 is 26.5 Å². The highest BCUT2D eigenvalue weighted by Gasteiger charge is 2.28. The van der Waals surface area contributed by atoms with Crippen LogP contribution in [0.4, 0.5) is 5.82 Å². The van der Waals surface area contributed by atoms with Crippen LogP contribution >= 0.6 is 0 Å². The molecule has 1 fully saturated rings. The minimum atomic E-state index is 0.559. The molecule has 1 aromatic rings. The van der Waals surface area contributed by atoms with E-state index in [1.807, 2.05) is 0 Å². The molecule has 4 rings (SSSR count). The van der Waals surface area contributed by atoms with Crippen LogP contribution in [0.1, 0.15) is 18.4 Å². The Morgan fingerprint density at radius 2 is 2.17 bits per heavy atom. The molecule has 0 amide bonds. The first kappa shape index (κ1) is 10.5. The number of anilines is 1. The standard InChI is InChI=1S/C13H17N5/c1-6-15-12-9(1)7-10-8-16-18(13(10)17-12)11-2-4-14-5-3-11/h1,7,11,14,16H,2-6,8H2. The van der Waals surface area contributed by atoms with Gasteiger partial charge >= 0.3 is 0 Å². The maximum Gasteiger partial charge on any atom is 0.157 e. The van der Waals surface area contributed by atoms with E-state index in [1.165, 1.54) is 23.6 Å². The Morgan fingerprint density at radius 1 is 1.28 bits per heavy atom. The van der Waals surface area contributed by atoms with Crippen LogP contribution in [0, 0.1) is 0 Å². The third-order valence-electron chi connectivity index (χ3n) is 3.98. The molecule has 0 saturated carbocycles. The Morgan fingerprint density at radius 3 is 3.06 bits per heavy atom. The van der Waals surface area contributed by atoms with E-state index in [0.717, 1.165) is 37.5 Å². The van der Waals surface area contributed by atoms with Crippen LogP contribution in [-0.2, 0) is 6.54 Å². The first-order valence-corrected chi connectivity index (χ1v) is 6.70. The van der Waals surface area contributed by atoms with Crippen molar-refractivity contribution in [2.75, 3.05) is 24.6 Å². The Hall–Kier alpha value is -1.46. The van der Waals surface area contributed by atoms with Gasteiger partial charge in [0.05, 0.1) is 6.54 Å². The molecule has 3 aliphatic heterocycles. The molecule has 0 unspecified atom stereocenters. The maximum atomic E-state index is 4.74. The zero-order valence-electron chi connectivity index (χ0n) is 10.3. The summed E-state index contributed by atoms with van der Waals surface area (Å²) in [5.41, 5.74) is 5.70. The molecule has 4 heterocycles. The average Bonchev–Trinajstić information content (AvgIpc) is 3.02. The first-order chi connectivity index (χ1) is 8.92. The fourth-order valence-electron chi connectivity index (χ4n) is 3.01. The number of nitrogens with one attached hydrogen (secondary N) is 2. The summed E-state index contributed by atoms with van der Waals surface area (Å²) in [4.78, 5) is 9.16. The molecule has 0 atom stereocenters. The molecule has 0 aliphatic carbocycles. The number of nitrogens with zero attached hydrogens (tertiary/aromatic N) is 3. The molecule has 3 aliphatic rings. The lowest BCUT2D eigenvalue weighted by atomic mass is 10.1. The van der Waals surface area contributed by atoms with Gasteiger partial charge in [0.25, 0.3) is 0 Å². The van der Waals surface area contributed by atoms with Gasteiger partial charge < -0.3 is 5.32 Å². The fourth-order valence-corrected chi connectivity index (χ4v) is 3.01. The highest BCUT2D eigenvalue weighted by Crippen LogP contribution is 2.25. The van der Waals surface area contributed by atoms with Crippen molar-refractivity contribution in [3.8, 4) is 0 Å². The number of rotatable bonds is 1. The number of hydrazine groups is 1. The quantitative estimate of drug-likeness (QED) is 0.669. The number of fused-ring (bicyclic) bond motifs is 2. The van der Waals surface area contributed by atoms with Crippen molar-refractivity contribution in [3.63, 3.8) is 0 Å². The van der Waals surface area contributed by atoms with Gasteiger partial charge in [-0.25, -0.2) is 10.4 Å². The van der Waals surface area contributed by atoms with Crippen molar-refractivity contribution in [1.29, 1.82) is 0 Å². The van der Waals surface area contributed by atoms with Crippen LogP contribution in [0.2, 0.25) is 0 Å². The summed E-state index contributed by atoms with van der Waals surface area (Å²) in [5, 5.41) is 6.87. The Bertz CT molecular complexity index is 588. The SMILES string of the molecule is C1=c2cc3c(nc2=NC1)N(C1CCNCC1)NC3. The van der Waals surface area contributed by atoms with Crippen LogP contribution in [0.5, 0.6) is 0 Å². The van der Waals surface area contributed by atoms with E-state index in [0.29, 0.717) is 6.04 Å². The predicted octanol–water partition coefficient (Wildman–Crippen LogP) is -0.928. The van der Waals surface area contributed by atoms with E-state index in [2.05, 4.69) is 32.9 Å². The summed E-state index contributed by atoms with van der Waals surface area (Å²) in [6, 6.07) is 2.80. The van der Waals surface area contributed by atoms with Gasteiger partial charge in [-0.05, 0) is 32.0 Å². The zero-order valence-corrected chi connectivity index (χ0v) is 10.3. The lowest BCUT2D eigenvalue weighted by Gasteiger charge is -2.32. The summed E-state index contributed by atoms with van der Waals surface area (Å²) in [7, 11) is 0. The second-order valence-electron chi connectivity index (χ2n) is 5.11. The topological polar surface area (TPSA) is 52.6 Å². The summed E-state index contributed by atoms with van der Waals surface area (Å²) < 4.78 is 0. The van der Waals surface area contributed by atoms with E-state index in [4.69, 9.17) is 4.98 Å². The lowest BCUT2D eigenvalue weighted by molar-refractivity contribution is 0.406. The van der Waals surface area contributed by atoms with Crippen molar-refractivity contribution in [2.45, 2.75) is 25.4 Å². The molecule has 0 bridgehead atoms. The van der Waals surface area contributed by atoms with E-state index in [-0.39, 0.29) is 0 Å². The van der Waals surface area contributed by atoms with Crippen molar-refractivity contribution < 1.29 is 0 Å². The molecule has 5 nitrogen and oxygen atoms in total. The molecule has 1 aromatic heterocycles. The minimum absolute atomic E-state index is 0.559. The van der Waals surface area contributed by atoms with Gasteiger partial charge in [0.1, 0.15) is 5.82 Å². The first-order valence-electron chi connectivity index (χ1n) is 6.70. The van der Waals surface area contributed by atoms with Crippen LogP contribution in [0.3, 0.4) is 0 Å². The van der Waals surface area contributed by atoms with Gasteiger partial charge in [-0.15, -0.1) is 0 Å². The van der Waals surface area contributed by atoms with Crippen molar-refractivity contribution >= 4 is 11.9 Å². The fraction of sp³-hybridized carbons (Fsp3) is 0.538. The number of aromatic nitrogens is 1. The van der Waals surface area contributed by atoms with E-state index >= 15 is 0 Å². The summed E-state index contributed by atoms with van der Waals surface area (Å²) in [6.45, 7) is 3.88. The van der Waals surface area contributed by atoms with Crippen LogP contribution in [0.15, 0.2) is 11.1 Å². The number of hydrogen-bond acceptors (Lipinski definition) is 5. The van der Waals surface area contributed by atoms with Gasteiger partial charge in [-0.2, -0.15) is 0 Å². The molecular weight excluding hydrogens is 226 g/mol. The maximum absolute atomic E-state index is 4.74. The van der Waals surface area contributed by atoms with Crippen molar-refractivity contribution in [2.24, 2.45) is 4.99 Å². The Kier molecular flexibility index (Phi) is 2.34. The third kappa shape index (κ3) is 1.54. The molecule has 0 spiro atoms. The number of pyridine rings is 1. The van der Waals surface area contributed by atoms with E-state index < -0.39 is 0 Å².